The molecule has 4 aromatic rings. The molecule has 0 aliphatic rings. The lowest BCUT2D eigenvalue weighted by atomic mass is 10.2. The molecule has 0 atom stereocenters. The standard InChI is InChI=1S/C22H19ClN4O2/c23-18-9-5-4-8-17(18)19-14-24-22(29-19)11-10-21(28)26-20-12-13-25-27(20)15-16-6-2-1-3-7-16/h1-9,12-14H,10-11,15H2,(H,26,28). The van der Waals surface area contributed by atoms with E-state index in [2.05, 4.69) is 15.4 Å². The van der Waals surface area contributed by atoms with Gasteiger partial charge >= 0.3 is 0 Å². The van der Waals surface area contributed by atoms with Crippen LogP contribution in [0.25, 0.3) is 11.3 Å². The molecular weight excluding hydrogens is 388 g/mol. The van der Waals surface area contributed by atoms with Crippen LogP contribution in [0, 0.1) is 0 Å². The molecule has 2 aromatic heterocycles. The van der Waals surface area contributed by atoms with Gasteiger partial charge < -0.3 is 9.73 Å². The quantitative estimate of drug-likeness (QED) is 0.478. The van der Waals surface area contributed by atoms with Crippen molar-refractivity contribution in [2.45, 2.75) is 19.4 Å². The van der Waals surface area contributed by atoms with Crippen LogP contribution in [-0.4, -0.2) is 20.7 Å². The number of halogens is 1. The topological polar surface area (TPSA) is 73.0 Å². The van der Waals surface area contributed by atoms with Crippen LogP contribution >= 0.6 is 11.6 Å². The molecule has 146 valence electrons. The summed E-state index contributed by atoms with van der Waals surface area (Å²) in [5.74, 6) is 1.61. The zero-order valence-electron chi connectivity index (χ0n) is 15.6. The summed E-state index contributed by atoms with van der Waals surface area (Å²) in [4.78, 5) is 16.6. The highest BCUT2D eigenvalue weighted by Crippen LogP contribution is 2.28. The molecule has 0 aliphatic carbocycles. The highest BCUT2D eigenvalue weighted by atomic mass is 35.5. The van der Waals surface area contributed by atoms with Crippen LogP contribution in [0.4, 0.5) is 5.82 Å². The number of amides is 1. The summed E-state index contributed by atoms with van der Waals surface area (Å²) >= 11 is 6.19. The summed E-state index contributed by atoms with van der Waals surface area (Å²) in [6, 6.07) is 19.1. The molecule has 4 rings (SSSR count). The van der Waals surface area contributed by atoms with Crippen LogP contribution in [0.1, 0.15) is 17.9 Å². The third-order valence-corrected chi connectivity index (χ3v) is 4.75. The Hall–Kier alpha value is -3.38. The minimum Gasteiger partial charge on any atom is -0.441 e. The van der Waals surface area contributed by atoms with Gasteiger partial charge in [0.2, 0.25) is 5.91 Å². The van der Waals surface area contributed by atoms with Crippen LogP contribution in [0.2, 0.25) is 5.02 Å². The van der Waals surface area contributed by atoms with Crippen molar-refractivity contribution < 1.29 is 9.21 Å². The largest absolute Gasteiger partial charge is 0.441 e. The number of carbonyl (C=O) groups excluding carboxylic acids is 1. The van der Waals surface area contributed by atoms with Crippen molar-refractivity contribution in [2.24, 2.45) is 0 Å². The fraction of sp³-hybridized carbons (Fsp3) is 0.136. The van der Waals surface area contributed by atoms with E-state index < -0.39 is 0 Å². The Balaban J connectivity index is 1.35. The summed E-state index contributed by atoms with van der Waals surface area (Å²) in [6.45, 7) is 0.588. The van der Waals surface area contributed by atoms with E-state index in [1.165, 1.54) is 0 Å². The van der Waals surface area contributed by atoms with Gasteiger partial charge in [0, 0.05) is 24.5 Å². The Morgan fingerprint density at radius 1 is 1.07 bits per heavy atom. The lowest BCUT2D eigenvalue weighted by Gasteiger charge is -2.08. The van der Waals surface area contributed by atoms with Gasteiger partial charge in [-0.1, -0.05) is 54.1 Å². The fourth-order valence-corrected chi connectivity index (χ4v) is 3.19. The molecule has 1 amide bonds. The Bertz CT molecular complexity index is 1100. The first kappa shape index (κ1) is 19.0. The normalized spacial score (nSPS) is 10.8. The second-order valence-electron chi connectivity index (χ2n) is 6.51. The van der Waals surface area contributed by atoms with Crippen molar-refractivity contribution in [1.82, 2.24) is 14.8 Å². The third kappa shape index (κ3) is 4.73. The summed E-state index contributed by atoms with van der Waals surface area (Å²) in [5, 5.41) is 7.78. The molecule has 2 aromatic carbocycles. The number of rotatable bonds is 7. The number of benzene rings is 2. The second-order valence-corrected chi connectivity index (χ2v) is 6.91. The van der Waals surface area contributed by atoms with Gasteiger partial charge in [-0.15, -0.1) is 0 Å². The molecule has 7 heteroatoms. The van der Waals surface area contributed by atoms with Crippen molar-refractivity contribution in [2.75, 3.05) is 5.32 Å². The lowest BCUT2D eigenvalue weighted by Crippen LogP contribution is -2.16. The average molecular weight is 407 g/mol. The highest BCUT2D eigenvalue weighted by Gasteiger charge is 2.12. The first-order valence-electron chi connectivity index (χ1n) is 9.24. The number of hydrogen-bond acceptors (Lipinski definition) is 4. The van der Waals surface area contributed by atoms with Gasteiger partial charge in [-0.2, -0.15) is 5.10 Å². The molecule has 6 nitrogen and oxygen atoms in total. The van der Waals surface area contributed by atoms with E-state index in [1.807, 2.05) is 48.5 Å². The van der Waals surface area contributed by atoms with E-state index in [-0.39, 0.29) is 12.3 Å². The molecule has 0 bridgehead atoms. The molecular formula is C22H19ClN4O2. The van der Waals surface area contributed by atoms with Crippen LogP contribution < -0.4 is 5.32 Å². The SMILES string of the molecule is O=C(CCc1ncc(-c2ccccc2Cl)o1)Nc1ccnn1Cc1ccccc1. The molecule has 29 heavy (non-hydrogen) atoms. The van der Waals surface area contributed by atoms with Crippen molar-refractivity contribution in [3.63, 3.8) is 0 Å². The number of nitrogens with one attached hydrogen (secondary N) is 1. The molecule has 0 saturated heterocycles. The molecule has 0 radical (unpaired) electrons. The average Bonchev–Trinajstić information content (AvgIpc) is 3.37. The van der Waals surface area contributed by atoms with Gasteiger partial charge in [-0.3, -0.25) is 4.79 Å². The van der Waals surface area contributed by atoms with Crippen molar-refractivity contribution in [1.29, 1.82) is 0 Å². The number of aromatic nitrogens is 3. The highest BCUT2D eigenvalue weighted by molar-refractivity contribution is 6.33. The first-order chi connectivity index (χ1) is 14.2. The van der Waals surface area contributed by atoms with Crippen LogP contribution in [0.3, 0.4) is 0 Å². The van der Waals surface area contributed by atoms with Gasteiger partial charge in [0.05, 0.1) is 24.0 Å². The summed E-state index contributed by atoms with van der Waals surface area (Å²) in [6.07, 6.45) is 3.94. The molecule has 1 N–H and O–H groups in total. The van der Waals surface area contributed by atoms with E-state index in [0.717, 1.165) is 11.1 Å². The number of oxazole rings is 1. The van der Waals surface area contributed by atoms with Gasteiger partial charge in [-0.05, 0) is 17.7 Å². The van der Waals surface area contributed by atoms with Crippen molar-refractivity contribution in [3.8, 4) is 11.3 Å². The zero-order valence-corrected chi connectivity index (χ0v) is 16.3. The molecule has 0 saturated carbocycles. The van der Waals surface area contributed by atoms with Crippen LogP contribution in [0.15, 0.2) is 77.5 Å². The third-order valence-electron chi connectivity index (χ3n) is 4.42. The zero-order chi connectivity index (χ0) is 20.1. The molecule has 0 fully saturated rings. The maximum atomic E-state index is 12.4. The molecule has 2 heterocycles. The Labute approximate surface area is 173 Å². The van der Waals surface area contributed by atoms with Gasteiger partial charge in [0.1, 0.15) is 5.82 Å². The van der Waals surface area contributed by atoms with Gasteiger partial charge in [-0.25, -0.2) is 9.67 Å². The van der Waals surface area contributed by atoms with Gasteiger partial charge in [0.15, 0.2) is 11.7 Å². The Morgan fingerprint density at radius 3 is 2.69 bits per heavy atom. The van der Waals surface area contributed by atoms with Crippen molar-refractivity contribution in [3.05, 3.63) is 89.5 Å². The number of hydrogen-bond donors (Lipinski definition) is 1. The van der Waals surface area contributed by atoms with E-state index in [1.54, 1.807) is 29.2 Å². The van der Waals surface area contributed by atoms with Crippen LogP contribution in [0.5, 0.6) is 0 Å². The monoisotopic (exact) mass is 406 g/mol. The van der Waals surface area contributed by atoms with E-state index in [0.29, 0.717) is 35.5 Å². The number of anilines is 1. The fourth-order valence-electron chi connectivity index (χ4n) is 2.96. The molecule has 0 unspecified atom stereocenters. The Morgan fingerprint density at radius 2 is 1.86 bits per heavy atom. The van der Waals surface area contributed by atoms with E-state index >= 15 is 0 Å². The summed E-state index contributed by atoms with van der Waals surface area (Å²) in [5.41, 5.74) is 1.89. The molecule has 0 aliphatic heterocycles. The number of aryl methyl sites for hydroxylation is 1. The predicted molar refractivity (Wildman–Crippen MR) is 112 cm³/mol. The smallest absolute Gasteiger partial charge is 0.226 e. The second kappa shape index (κ2) is 8.75. The predicted octanol–water partition coefficient (Wildman–Crippen LogP) is 4.81. The summed E-state index contributed by atoms with van der Waals surface area (Å²) in [7, 11) is 0. The maximum Gasteiger partial charge on any atom is 0.226 e. The van der Waals surface area contributed by atoms with Gasteiger partial charge in [0.25, 0.3) is 0 Å². The minimum atomic E-state index is -0.127. The number of carbonyl (C=O) groups is 1. The Kier molecular flexibility index (Phi) is 5.72. The minimum absolute atomic E-state index is 0.127. The van der Waals surface area contributed by atoms with Crippen LogP contribution in [-0.2, 0) is 17.8 Å². The number of nitrogens with zero attached hydrogens (tertiary/aromatic N) is 3. The van der Waals surface area contributed by atoms with E-state index in [9.17, 15) is 4.79 Å². The van der Waals surface area contributed by atoms with E-state index in [4.69, 9.17) is 16.0 Å². The van der Waals surface area contributed by atoms with Crippen molar-refractivity contribution >= 4 is 23.3 Å². The maximum absolute atomic E-state index is 12.4. The summed E-state index contributed by atoms with van der Waals surface area (Å²) < 4.78 is 7.50. The molecule has 0 spiro atoms. The lowest BCUT2D eigenvalue weighted by molar-refractivity contribution is -0.116. The first-order valence-corrected chi connectivity index (χ1v) is 9.62.